The zero-order chi connectivity index (χ0) is 19.3. The summed E-state index contributed by atoms with van der Waals surface area (Å²) in [6, 6.07) is 0. The molecule has 1 unspecified atom stereocenters. The molecule has 152 valence electrons. The molecule has 7 heteroatoms. The van der Waals surface area contributed by atoms with Crippen molar-refractivity contribution < 1.29 is 14.4 Å². The van der Waals surface area contributed by atoms with E-state index in [1.807, 2.05) is 23.8 Å². The second-order valence-corrected chi connectivity index (χ2v) is 8.35. The fourth-order valence-corrected chi connectivity index (χ4v) is 4.48. The molecule has 1 amide bonds. The third kappa shape index (κ3) is 5.29. The first-order valence-corrected chi connectivity index (χ1v) is 10.5. The van der Waals surface area contributed by atoms with Crippen LogP contribution in [0.1, 0.15) is 70.0 Å². The van der Waals surface area contributed by atoms with Crippen LogP contribution in [-0.2, 0) is 17.8 Å². The minimum Gasteiger partial charge on any atom is -0.379 e. The lowest BCUT2D eigenvalue weighted by molar-refractivity contribution is -0.159. The lowest BCUT2D eigenvalue weighted by Crippen LogP contribution is -2.58. The fraction of sp³-hybridized carbons (Fsp3) is 0.850. The van der Waals surface area contributed by atoms with Gasteiger partial charge in [0.1, 0.15) is 0 Å². The Bertz CT molecular complexity index is 614. The molecule has 1 aromatic rings. The molecule has 7 nitrogen and oxygen atoms in total. The highest BCUT2D eigenvalue weighted by Gasteiger charge is 2.42. The molecule has 1 aromatic heterocycles. The van der Waals surface area contributed by atoms with E-state index in [0.717, 1.165) is 31.8 Å². The SMILES string of the molecule is CCc1nc(CN(C)CC2(O)CCCN(CCC3CCCCC3)C2=O)no1. The molecular formula is C20H34N4O3. The zero-order valence-electron chi connectivity index (χ0n) is 16.8. The number of aliphatic hydroxyl groups is 1. The largest absolute Gasteiger partial charge is 0.379 e. The average Bonchev–Trinajstić information content (AvgIpc) is 3.11. The third-order valence-corrected chi connectivity index (χ3v) is 5.99. The molecule has 1 saturated carbocycles. The van der Waals surface area contributed by atoms with Crippen molar-refractivity contribution in [3.63, 3.8) is 0 Å². The summed E-state index contributed by atoms with van der Waals surface area (Å²) >= 11 is 0. The van der Waals surface area contributed by atoms with Gasteiger partial charge < -0.3 is 14.5 Å². The van der Waals surface area contributed by atoms with Gasteiger partial charge in [0.15, 0.2) is 11.4 Å². The molecule has 1 atom stereocenters. The first kappa shape index (κ1) is 20.3. The predicted octanol–water partition coefficient (Wildman–Crippen LogP) is 2.39. The van der Waals surface area contributed by atoms with Gasteiger partial charge in [0.2, 0.25) is 5.89 Å². The quantitative estimate of drug-likeness (QED) is 0.748. The summed E-state index contributed by atoms with van der Waals surface area (Å²) in [6.07, 6.45) is 9.72. The van der Waals surface area contributed by atoms with Gasteiger partial charge in [-0.25, -0.2) is 0 Å². The van der Waals surface area contributed by atoms with Crippen molar-refractivity contribution in [2.24, 2.45) is 5.92 Å². The molecule has 2 aliphatic rings. The maximum absolute atomic E-state index is 13.0. The van der Waals surface area contributed by atoms with Crippen LogP contribution in [0.4, 0.5) is 0 Å². The summed E-state index contributed by atoms with van der Waals surface area (Å²) in [7, 11) is 1.88. The van der Waals surface area contributed by atoms with E-state index in [4.69, 9.17) is 4.52 Å². The van der Waals surface area contributed by atoms with Crippen LogP contribution in [0.3, 0.4) is 0 Å². The predicted molar refractivity (Wildman–Crippen MR) is 102 cm³/mol. The van der Waals surface area contributed by atoms with Crippen LogP contribution in [0.15, 0.2) is 4.52 Å². The number of amides is 1. The van der Waals surface area contributed by atoms with E-state index in [1.165, 1.54) is 32.1 Å². The van der Waals surface area contributed by atoms with Gasteiger partial charge in [0.05, 0.1) is 6.54 Å². The van der Waals surface area contributed by atoms with Crippen LogP contribution < -0.4 is 0 Å². The first-order chi connectivity index (χ1) is 13.0. The highest BCUT2D eigenvalue weighted by molar-refractivity contribution is 5.86. The number of hydrogen-bond donors (Lipinski definition) is 1. The molecule has 0 spiro atoms. The lowest BCUT2D eigenvalue weighted by Gasteiger charge is -2.40. The Kier molecular flexibility index (Phi) is 6.87. The smallest absolute Gasteiger partial charge is 0.255 e. The monoisotopic (exact) mass is 378 g/mol. The summed E-state index contributed by atoms with van der Waals surface area (Å²) in [5, 5.41) is 15.0. The van der Waals surface area contributed by atoms with E-state index < -0.39 is 5.60 Å². The number of rotatable bonds is 8. The number of likely N-dealkylation sites (tertiary alicyclic amines) is 1. The van der Waals surface area contributed by atoms with E-state index in [0.29, 0.717) is 37.6 Å². The summed E-state index contributed by atoms with van der Waals surface area (Å²) in [6.45, 7) is 4.26. The van der Waals surface area contributed by atoms with Gasteiger partial charge in [0.25, 0.3) is 5.91 Å². The average molecular weight is 379 g/mol. The van der Waals surface area contributed by atoms with Gasteiger partial charge >= 0.3 is 0 Å². The van der Waals surface area contributed by atoms with Crippen molar-refractivity contribution in [3.05, 3.63) is 11.7 Å². The van der Waals surface area contributed by atoms with E-state index in [9.17, 15) is 9.90 Å². The number of nitrogens with zero attached hydrogens (tertiary/aromatic N) is 4. The number of piperidine rings is 1. The molecule has 1 N–H and O–H groups in total. The summed E-state index contributed by atoms with van der Waals surface area (Å²) in [4.78, 5) is 21.1. The summed E-state index contributed by atoms with van der Waals surface area (Å²) < 4.78 is 5.13. The Morgan fingerprint density at radius 1 is 1.30 bits per heavy atom. The van der Waals surface area contributed by atoms with Gasteiger partial charge in [-0.15, -0.1) is 0 Å². The topological polar surface area (TPSA) is 82.7 Å². The maximum atomic E-state index is 13.0. The van der Waals surface area contributed by atoms with Gasteiger partial charge in [-0.05, 0) is 32.2 Å². The van der Waals surface area contributed by atoms with Crippen LogP contribution in [0.5, 0.6) is 0 Å². The molecule has 0 aromatic carbocycles. The molecule has 3 rings (SSSR count). The number of hydrogen-bond acceptors (Lipinski definition) is 6. The standard InChI is InChI=1S/C20H34N4O3/c1-3-18-21-17(22-27-18)14-23(2)15-20(26)11-7-12-24(19(20)25)13-10-16-8-5-4-6-9-16/h16,26H,3-15H2,1-2H3. The van der Waals surface area contributed by atoms with Gasteiger partial charge in [0, 0.05) is 26.1 Å². The molecule has 27 heavy (non-hydrogen) atoms. The van der Waals surface area contributed by atoms with Crippen molar-refractivity contribution in [2.75, 3.05) is 26.7 Å². The second-order valence-electron chi connectivity index (χ2n) is 8.35. The van der Waals surface area contributed by atoms with Crippen molar-refractivity contribution in [1.82, 2.24) is 19.9 Å². The molecule has 0 radical (unpaired) electrons. The molecule has 0 bridgehead atoms. The Balaban J connectivity index is 1.52. The molecule has 2 fully saturated rings. The van der Waals surface area contributed by atoms with Gasteiger partial charge in [-0.1, -0.05) is 44.2 Å². The van der Waals surface area contributed by atoms with Crippen molar-refractivity contribution in [2.45, 2.75) is 76.9 Å². The van der Waals surface area contributed by atoms with Crippen LogP contribution in [0, 0.1) is 5.92 Å². The molecule has 1 aliphatic heterocycles. The van der Waals surface area contributed by atoms with E-state index in [1.54, 1.807) is 0 Å². The highest BCUT2D eigenvalue weighted by atomic mass is 16.5. The minimum atomic E-state index is -1.31. The van der Waals surface area contributed by atoms with Crippen LogP contribution in [-0.4, -0.2) is 63.2 Å². The number of aryl methyl sites for hydroxylation is 1. The van der Waals surface area contributed by atoms with E-state index in [-0.39, 0.29) is 5.91 Å². The van der Waals surface area contributed by atoms with Crippen LogP contribution in [0.25, 0.3) is 0 Å². The summed E-state index contributed by atoms with van der Waals surface area (Å²) in [5.74, 6) is 1.84. The Labute approximate surface area is 162 Å². The maximum Gasteiger partial charge on any atom is 0.255 e. The van der Waals surface area contributed by atoms with Gasteiger partial charge in [-0.3, -0.25) is 9.69 Å². The fourth-order valence-electron chi connectivity index (χ4n) is 4.48. The van der Waals surface area contributed by atoms with E-state index >= 15 is 0 Å². The van der Waals surface area contributed by atoms with Crippen LogP contribution in [0.2, 0.25) is 0 Å². The number of likely N-dealkylation sites (N-methyl/N-ethyl adjacent to an activating group) is 1. The van der Waals surface area contributed by atoms with E-state index in [2.05, 4.69) is 10.1 Å². The lowest BCUT2D eigenvalue weighted by atomic mass is 9.86. The number of carbonyl (C=O) groups is 1. The Morgan fingerprint density at radius 3 is 2.78 bits per heavy atom. The molecule has 1 saturated heterocycles. The zero-order valence-corrected chi connectivity index (χ0v) is 16.8. The second kappa shape index (κ2) is 9.15. The molecule has 1 aliphatic carbocycles. The summed E-state index contributed by atoms with van der Waals surface area (Å²) in [5.41, 5.74) is -1.31. The molecule has 2 heterocycles. The van der Waals surface area contributed by atoms with Crippen LogP contribution >= 0.6 is 0 Å². The number of carbonyl (C=O) groups excluding carboxylic acids is 1. The Morgan fingerprint density at radius 2 is 2.07 bits per heavy atom. The normalized spacial score (nSPS) is 24.7. The molecular weight excluding hydrogens is 344 g/mol. The van der Waals surface area contributed by atoms with Crippen molar-refractivity contribution in [3.8, 4) is 0 Å². The number of aromatic nitrogens is 2. The minimum absolute atomic E-state index is 0.112. The van der Waals surface area contributed by atoms with Gasteiger partial charge in [-0.2, -0.15) is 4.98 Å². The first-order valence-electron chi connectivity index (χ1n) is 10.5. The van der Waals surface area contributed by atoms with Crippen molar-refractivity contribution >= 4 is 5.91 Å². The Hall–Kier alpha value is -1.47. The van der Waals surface area contributed by atoms with Crippen molar-refractivity contribution in [1.29, 1.82) is 0 Å². The third-order valence-electron chi connectivity index (χ3n) is 5.99. The highest BCUT2D eigenvalue weighted by Crippen LogP contribution is 2.29.